The van der Waals surface area contributed by atoms with Gasteiger partial charge >= 0.3 is 5.97 Å². The zero-order valence-corrected chi connectivity index (χ0v) is 11.0. The van der Waals surface area contributed by atoms with Crippen LogP contribution in [0.2, 0.25) is 0 Å². The van der Waals surface area contributed by atoms with Crippen LogP contribution in [0.1, 0.15) is 23.0 Å². The van der Waals surface area contributed by atoms with Crippen LogP contribution in [0.25, 0.3) is 10.9 Å². The molecule has 0 saturated carbocycles. The van der Waals surface area contributed by atoms with Gasteiger partial charge in [0.15, 0.2) is 0 Å². The molecule has 104 valence electrons. The normalized spacial score (nSPS) is 10.5. The standard InChI is InChI=1S/C15H14FNO3/c1-3-5-11-13(15(19)20-4-2)14(18)10-7-6-9(16)8-12(10)17-11/h3,6-8H,1,4-5H2,2H3,(H,17,18). The molecule has 0 saturated heterocycles. The molecular weight excluding hydrogens is 261 g/mol. The van der Waals surface area contributed by atoms with E-state index in [2.05, 4.69) is 11.6 Å². The van der Waals surface area contributed by atoms with Gasteiger partial charge in [0.2, 0.25) is 5.43 Å². The summed E-state index contributed by atoms with van der Waals surface area (Å²) in [5.41, 5.74) is 0.210. The molecule has 0 amide bonds. The largest absolute Gasteiger partial charge is 0.462 e. The summed E-state index contributed by atoms with van der Waals surface area (Å²) >= 11 is 0. The van der Waals surface area contributed by atoms with Crippen LogP contribution in [0.3, 0.4) is 0 Å². The number of carbonyl (C=O) groups is 1. The number of aromatic amines is 1. The second kappa shape index (κ2) is 5.69. The Hall–Kier alpha value is -2.43. The van der Waals surface area contributed by atoms with Crippen LogP contribution in [0.5, 0.6) is 0 Å². The van der Waals surface area contributed by atoms with Crippen molar-refractivity contribution < 1.29 is 13.9 Å². The Morgan fingerprint density at radius 3 is 2.90 bits per heavy atom. The molecule has 0 atom stereocenters. The van der Waals surface area contributed by atoms with Crippen molar-refractivity contribution in [3.05, 3.63) is 58.2 Å². The van der Waals surface area contributed by atoms with Crippen molar-refractivity contribution in [2.24, 2.45) is 0 Å². The summed E-state index contributed by atoms with van der Waals surface area (Å²) in [6, 6.07) is 3.75. The summed E-state index contributed by atoms with van der Waals surface area (Å²) in [7, 11) is 0. The number of hydrogen-bond acceptors (Lipinski definition) is 3. The van der Waals surface area contributed by atoms with Crippen molar-refractivity contribution in [3.63, 3.8) is 0 Å². The van der Waals surface area contributed by atoms with E-state index in [-0.39, 0.29) is 24.0 Å². The van der Waals surface area contributed by atoms with Gasteiger partial charge in [-0.25, -0.2) is 9.18 Å². The average Bonchev–Trinajstić information content (AvgIpc) is 2.39. The Bertz CT molecular complexity index is 734. The molecule has 0 aliphatic heterocycles. The van der Waals surface area contributed by atoms with Gasteiger partial charge in [-0.15, -0.1) is 6.58 Å². The van der Waals surface area contributed by atoms with E-state index in [1.54, 1.807) is 13.0 Å². The summed E-state index contributed by atoms with van der Waals surface area (Å²) in [5, 5.41) is 0.252. The molecule has 0 unspecified atom stereocenters. The smallest absolute Gasteiger partial charge is 0.343 e. The second-order valence-electron chi connectivity index (χ2n) is 4.21. The summed E-state index contributed by atoms with van der Waals surface area (Å²) in [6.07, 6.45) is 1.84. The molecule has 5 heteroatoms. The Balaban J connectivity index is 2.76. The van der Waals surface area contributed by atoms with Crippen molar-refractivity contribution in [1.29, 1.82) is 0 Å². The lowest BCUT2D eigenvalue weighted by molar-refractivity contribution is 0.0523. The van der Waals surface area contributed by atoms with Crippen LogP contribution in [0, 0.1) is 5.82 Å². The minimum absolute atomic E-state index is 0.0501. The van der Waals surface area contributed by atoms with Gasteiger partial charge in [-0.1, -0.05) is 6.08 Å². The number of allylic oxidation sites excluding steroid dienone is 1. The van der Waals surface area contributed by atoms with Gasteiger partial charge in [0, 0.05) is 17.5 Å². The maximum absolute atomic E-state index is 13.2. The third kappa shape index (κ3) is 2.47. The highest BCUT2D eigenvalue weighted by Gasteiger charge is 2.19. The lowest BCUT2D eigenvalue weighted by Crippen LogP contribution is -2.22. The number of pyridine rings is 1. The van der Waals surface area contributed by atoms with Crippen LogP contribution >= 0.6 is 0 Å². The number of benzene rings is 1. The lowest BCUT2D eigenvalue weighted by atomic mass is 10.1. The molecule has 1 aromatic carbocycles. The maximum Gasteiger partial charge on any atom is 0.343 e. The molecule has 0 bridgehead atoms. The van der Waals surface area contributed by atoms with E-state index in [4.69, 9.17) is 4.74 Å². The van der Waals surface area contributed by atoms with E-state index < -0.39 is 17.2 Å². The number of ether oxygens (including phenoxy) is 1. The van der Waals surface area contributed by atoms with E-state index in [1.165, 1.54) is 18.2 Å². The summed E-state index contributed by atoms with van der Waals surface area (Å²) < 4.78 is 18.1. The van der Waals surface area contributed by atoms with Crippen molar-refractivity contribution in [1.82, 2.24) is 4.98 Å². The molecule has 20 heavy (non-hydrogen) atoms. The number of rotatable bonds is 4. The molecule has 0 radical (unpaired) electrons. The average molecular weight is 275 g/mol. The molecule has 2 rings (SSSR count). The topological polar surface area (TPSA) is 59.2 Å². The minimum Gasteiger partial charge on any atom is -0.462 e. The van der Waals surface area contributed by atoms with Crippen molar-refractivity contribution in [3.8, 4) is 0 Å². The Morgan fingerprint density at radius 1 is 1.50 bits per heavy atom. The van der Waals surface area contributed by atoms with E-state index in [0.29, 0.717) is 11.2 Å². The zero-order valence-electron chi connectivity index (χ0n) is 11.0. The second-order valence-corrected chi connectivity index (χ2v) is 4.21. The predicted molar refractivity (Wildman–Crippen MR) is 74.4 cm³/mol. The maximum atomic E-state index is 13.2. The van der Waals surface area contributed by atoms with Gasteiger partial charge in [0.25, 0.3) is 0 Å². The molecule has 0 aliphatic rings. The fourth-order valence-corrected chi connectivity index (χ4v) is 2.03. The van der Waals surface area contributed by atoms with Crippen LogP contribution in [0.4, 0.5) is 4.39 Å². The predicted octanol–water partition coefficient (Wildman–Crippen LogP) is 2.57. The van der Waals surface area contributed by atoms with Crippen molar-refractivity contribution >= 4 is 16.9 Å². The quantitative estimate of drug-likeness (QED) is 0.689. The van der Waals surface area contributed by atoms with E-state index in [0.717, 1.165) is 0 Å². The number of carbonyl (C=O) groups excluding carboxylic acids is 1. The number of halogens is 1. The lowest BCUT2D eigenvalue weighted by Gasteiger charge is -2.09. The number of nitrogens with one attached hydrogen (secondary N) is 1. The Morgan fingerprint density at radius 2 is 2.25 bits per heavy atom. The highest BCUT2D eigenvalue weighted by atomic mass is 19.1. The van der Waals surface area contributed by atoms with E-state index >= 15 is 0 Å². The molecule has 1 N–H and O–H groups in total. The SMILES string of the molecule is C=CCc1[nH]c2cc(F)ccc2c(=O)c1C(=O)OCC. The molecule has 0 fully saturated rings. The molecule has 1 aromatic heterocycles. The first-order chi connectivity index (χ1) is 9.58. The highest BCUT2D eigenvalue weighted by molar-refractivity contribution is 5.95. The van der Waals surface area contributed by atoms with E-state index in [9.17, 15) is 14.0 Å². The number of hydrogen-bond donors (Lipinski definition) is 1. The molecular formula is C15H14FNO3. The van der Waals surface area contributed by atoms with Crippen LogP contribution in [-0.4, -0.2) is 17.6 Å². The molecule has 0 aliphatic carbocycles. The number of aromatic nitrogens is 1. The fourth-order valence-electron chi connectivity index (χ4n) is 2.03. The first kappa shape index (κ1) is 14.0. The molecule has 1 heterocycles. The monoisotopic (exact) mass is 275 g/mol. The van der Waals surface area contributed by atoms with Gasteiger partial charge in [0.1, 0.15) is 11.4 Å². The van der Waals surface area contributed by atoms with Gasteiger partial charge in [0.05, 0.1) is 12.1 Å². The Kier molecular flexibility index (Phi) is 3.98. The van der Waals surface area contributed by atoms with Crippen LogP contribution in [-0.2, 0) is 11.2 Å². The molecule has 4 nitrogen and oxygen atoms in total. The number of H-pyrrole nitrogens is 1. The van der Waals surface area contributed by atoms with Crippen LogP contribution in [0.15, 0.2) is 35.6 Å². The summed E-state index contributed by atoms with van der Waals surface area (Å²) in [5.74, 6) is -1.14. The van der Waals surface area contributed by atoms with E-state index in [1.807, 2.05) is 0 Å². The number of fused-ring (bicyclic) bond motifs is 1. The Labute approximate surface area is 114 Å². The van der Waals surface area contributed by atoms with Crippen LogP contribution < -0.4 is 5.43 Å². The minimum atomic E-state index is -0.683. The van der Waals surface area contributed by atoms with Gasteiger partial charge in [-0.05, 0) is 25.1 Å². The first-order valence-corrected chi connectivity index (χ1v) is 6.21. The van der Waals surface area contributed by atoms with Crippen molar-refractivity contribution in [2.45, 2.75) is 13.3 Å². The summed E-state index contributed by atoms with van der Waals surface area (Å²) in [6.45, 7) is 5.42. The zero-order chi connectivity index (χ0) is 14.7. The van der Waals surface area contributed by atoms with Crippen molar-refractivity contribution in [2.75, 3.05) is 6.61 Å². The van der Waals surface area contributed by atoms with Gasteiger partial charge < -0.3 is 9.72 Å². The summed E-state index contributed by atoms with van der Waals surface area (Å²) in [4.78, 5) is 27.2. The van der Waals surface area contributed by atoms with Gasteiger partial charge in [-0.2, -0.15) is 0 Å². The third-order valence-corrected chi connectivity index (χ3v) is 2.87. The molecule has 2 aromatic rings. The highest BCUT2D eigenvalue weighted by Crippen LogP contribution is 2.15. The fraction of sp³-hybridized carbons (Fsp3) is 0.200. The molecule has 0 spiro atoms. The van der Waals surface area contributed by atoms with Gasteiger partial charge in [-0.3, -0.25) is 4.79 Å². The first-order valence-electron chi connectivity index (χ1n) is 6.21. The third-order valence-electron chi connectivity index (χ3n) is 2.87. The number of esters is 1.